The van der Waals surface area contributed by atoms with Gasteiger partial charge in [0.15, 0.2) is 0 Å². The highest BCUT2D eigenvalue weighted by Crippen LogP contribution is 2.25. The number of hydrogen-bond donors (Lipinski definition) is 1. The number of benzene rings is 1. The quantitative estimate of drug-likeness (QED) is 0.890. The molecular formula is C14H21NOS. The zero-order valence-corrected chi connectivity index (χ0v) is 11.4. The summed E-state index contributed by atoms with van der Waals surface area (Å²) in [4.78, 5) is 0. The van der Waals surface area contributed by atoms with Crippen LogP contribution in [0.3, 0.4) is 0 Å². The highest BCUT2D eigenvalue weighted by molar-refractivity contribution is 7.84. The Balaban J connectivity index is 2.04. The molecule has 1 aliphatic carbocycles. The predicted octanol–water partition coefficient (Wildman–Crippen LogP) is 2.38. The molecule has 1 N–H and O–H groups in total. The molecule has 3 unspecified atom stereocenters. The first kappa shape index (κ1) is 12.8. The zero-order chi connectivity index (χ0) is 12.3. The molecule has 0 heterocycles. The van der Waals surface area contributed by atoms with Crippen molar-refractivity contribution >= 4 is 10.8 Å². The first-order chi connectivity index (χ1) is 8.22. The third kappa shape index (κ3) is 2.96. The number of hydrogen-bond acceptors (Lipinski definition) is 2. The minimum Gasteiger partial charge on any atom is -0.316 e. The van der Waals surface area contributed by atoms with E-state index in [2.05, 4.69) is 24.4 Å². The Bertz CT molecular complexity index is 405. The summed E-state index contributed by atoms with van der Waals surface area (Å²) in [5.74, 6) is 0.704. The van der Waals surface area contributed by atoms with Gasteiger partial charge in [-0.25, -0.2) is 0 Å². The maximum Gasteiger partial charge on any atom is 0.0504 e. The van der Waals surface area contributed by atoms with Crippen molar-refractivity contribution < 1.29 is 4.21 Å². The van der Waals surface area contributed by atoms with Gasteiger partial charge in [-0.2, -0.15) is 0 Å². The van der Waals surface area contributed by atoms with Crippen molar-refractivity contribution in [2.45, 2.75) is 43.2 Å². The third-order valence-electron chi connectivity index (χ3n) is 3.72. The molecule has 1 saturated carbocycles. The van der Waals surface area contributed by atoms with Crippen LogP contribution >= 0.6 is 0 Å². The van der Waals surface area contributed by atoms with Gasteiger partial charge in [-0.1, -0.05) is 30.7 Å². The molecule has 94 valence electrons. The van der Waals surface area contributed by atoms with E-state index in [1.165, 1.54) is 24.0 Å². The summed E-state index contributed by atoms with van der Waals surface area (Å²) in [6.45, 7) is 2.09. The van der Waals surface area contributed by atoms with Crippen LogP contribution in [0.4, 0.5) is 0 Å². The van der Waals surface area contributed by atoms with E-state index >= 15 is 0 Å². The van der Waals surface area contributed by atoms with Crippen molar-refractivity contribution in [1.82, 2.24) is 5.32 Å². The third-order valence-corrected chi connectivity index (χ3v) is 5.56. The van der Waals surface area contributed by atoms with Crippen LogP contribution in [0.25, 0.3) is 0 Å². The molecule has 2 rings (SSSR count). The highest BCUT2D eigenvalue weighted by Gasteiger charge is 2.30. The van der Waals surface area contributed by atoms with Gasteiger partial charge >= 0.3 is 0 Å². The van der Waals surface area contributed by atoms with E-state index in [0.29, 0.717) is 17.0 Å². The van der Waals surface area contributed by atoms with Crippen LogP contribution in [-0.4, -0.2) is 22.5 Å². The lowest BCUT2D eigenvalue weighted by atomic mass is 10.1. The average molecular weight is 251 g/mol. The number of rotatable bonds is 4. The summed E-state index contributed by atoms with van der Waals surface area (Å²) in [5, 5.41) is 3.64. The SMILES string of the molecule is CNC1CCCC1S(=O)Cc1ccccc1C. The van der Waals surface area contributed by atoms with Crippen molar-refractivity contribution in [3.63, 3.8) is 0 Å². The molecular weight excluding hydrogens is 230 g/mol. The van der Waals surface area contributed by atoms with Crippen LogP contribution in [0.5, 0.6) is 0 Å². The van der Waals surface area contributed by atoms with Crippen molar-refractivity contribution in [3.05, 3.63) is 35.4 Å². The molecule has 17 heavy (non-hydrogen) atoms. The molecule has 1 aromatic rings. The van der Waals surface area contributed by atoms with E-state index in [-0.39, 0.29) is 0 Å². The monoisotopic (exact) mass is 251 g/mol. The van der Waals surface area contributed by atoms with Gasteiger partial charge in [0.05, 0.1) is 5.25 Å². The fraction of sp³-hybridized carbons (Fsp3) is 0.571. The van der Waals surface area contributed by atoms with E-state index in [4.69, 9.17) is 0 Å². The average Bonchev–Trinajstić information content (AvgIpc) is 2.80. The molecule has 3 heteroatoms. The second kappa shape index (κ2) is 5.78. The minimum atomic E-state index is -0.749. The molecule has 0 aliphatic heterocycles. The van der Waals surface area contributed by atoms with Gasteiger partial charge in [-0.15, -0.1) is 0 Å². The molecule has 1 fully saturated rings. The van der Waals surface area contributed by atoms with Crippen molar-refractivity contribution in [2.24, 2.45) is 0 Å². The standard InChI is InChI=1S/C14H21NOS/c1-11-6-3-4-7-12(11)10-17(16)14-9-5-8-13(14)15-2/h3-4,6-7,13-15H,5,8-10H2,1-2H3. The van der Waals surface area contributed by atoms with Gasteiger partial charge in [-0.05, 0) is 37.9 Å². The summed E-state index contributed by atoms with van der Waals surface area (Å²) in [5.41, 5.74) is 2.48. The largest absolute Gasteiger partial charge is 0.316 e. The van der Waals surface area contributed by atoms with Gasteiger partial charge in [-0.3, -0.25) is 4.21 Å². The second-order valence-corrected chi connectivity index (χ2v) is 6.47. The summed E-state index contributed by atoms with van der Waals surface area (Å²) < 4.78 is 12.4. The molecule has 0 bridgehead atoms. The lowest BCUT2D eigenvalue weighted by molar-refractivity contribution is 0.575. The van der Waals surface area contributed by atoms with Gasteiger partial charge in [0.25, 0.3) is 0 Å². The normalized spacial score (nSPS) is 26.0. The van der Waals surface area contributed by atoms with Crippen LogP contribution < -0.4 is 5.32 Å². The van der Waals surface area contributed by atoms with Crippen LogP contribution in [0.15, 0.2) is 24.3 Å². The molecule has 2 nitrogen and oxygen atoms in total. The van der Waals surface area contributed by atoms with Crippen molar-refractivity contribution in [1.29, 1.82) is 0 Å². The van der Waals surface area contributed by atoms with E-state index in [1.54, 1.807) is 0 Å². The lowest BCUT2D eigenvalue weighted by Crippen LogP contribution is -2.36. The zero-order valence-electron chi connectivity index (χ0n) is 10.6. The number of nitrogens with one attached hydrogen (secondary N) is 1. The molecule has 0 aromatic heterocycles. The van der Waals surface area contributed by atoms with Gasteiger partial charge in [0.2, 0.25) is 0 Å². The first-order valence-corrected chi connectivity index (χ1v) is 7.69. The van der Waals surface area contributed by atoms with Crippen LogP contribution in [-0.2, 0) is 16.6 Å². The Labute approximate surface area is 106 Å². The van der Waals surface area contributed by atoms with Crippen LogP contribution in [0.2, 0.25) is 0 Å². The topological polar surface area (TPSA) is 29.1 Å². The van der Waals surface area contributed by atoms with Gasteiger partial charge < -0.3 is 5.32 Å². The smallest absolute Gasteiger partial charge is 0.0504 e. The maximum absolute atomic E-state index is 12.4. The van der Waals surface area contributed by atoms with Crippen molar-refractivity contribution in [3.8, 4) is 0 Å². The van der Waals surface area contributed by atoms with Gasteiger partial charge in [0.1, 0.15) is 0 Å². The fourth-order valence-corrected chi connectivity index (χ4v) is 4.52. The second-order valence-electron chi connectivity index (χ2n) is 4.82. The summed E-state index contributed by atoms with van der Waals surface area (Å²) in [6, 6.07) is 8.70. The maximum atomic E-state index is 12.4. The summed E-state index contributed by atoms with van der Waals surface area (Å²) in [7, 11) is 1.23. The summed E-state index contributed by atoms with van der Waals surface area (Å²) in [6.07, 6.45) is 3.47. The molecule has 1 aromatic carbocycles. The number of aryl methyl sites for hydroxylation is 1. The van der Waals surface area contributed by atoms with E-state index in [0.717, 1.165) is 6.42 Å². The van der Waals surface area contributed by atoms with Crippen LogP contribution in [0.1, 0.15) is 30.4 Å². The molecule has 3 atom stereocenters. The minimum absolute atomic E-state index is 0.333. The summed E-state index contributed by atoms with van der Waals surface area (Å²) >= 11 is 0. The molecule has 1 aliphatic rings. The Hall–Kier alpha value is -0.670. The van der Waals surface area contributed by atoms with E-state index < -0.39 is 10.8 Å². The Morgan fingerprint density at radius 1 is 1.35 bits per heavy atom. The fourth-order valence-electron chi connectivity index (χ4n) is 2.60. The van der Waals surface area contributed by atoms with Crippen molar-refractivity contribution in [2.75, 3.05) is 7.05 Å². The van der Waals surface area contributed by atoms with E-state index in [9.17, 15) is 4.21 Å². The van der Waals surface area contributed by atoms with Gasteiger partial charge in [0, 0.05) is 22.6 Å². The lowest BCUT2D eigenvalue weighted by Gasteiger charge is -2.18. The first-order valence-electron chi connectivity index (χ1n) is 6.31. The Morgan fingerprint density at radius 3 is 2.82 bits per heavy atom. The van der Waals surface area contributed by atoms with Crippen LogP contribution in [0, 0.1) is 6.92 Å². The van der Waals surface area contributed by atoms with E-state index in [1.807, 2.05) is 19.2 Å². The molecule has 0 radical (unpaired) electrons. The molecule has 0 spiro atoms. The highest BCUT2D eigenvalue weighted by atomic mass is 32.2. The predicted molar refractivity (Wildman–Crippen MR) is 73.5 cm³/mol. The Morgan fingerprint density at radius 2 is 2.12 bits per heavy atom. The Kier molecular flexibility index (Phi) is 4.35. The molecule has 0 amide bonds. The molecule has 0 saturated heterocycles.